The van der Waals surface area contributed by atoms with Crippen molar-refractivity contribution in [1.82, 2.24) is 19.7 Å². The molecule has 10 heteroatoms. The summed E-state index contributed by atoms with van der Waals surface area (Å²) in [5.74, 6) is -0.622. The number of benzene rings is 2. The molecule has 0 saturated heterocycles. The summed E-state index contributed by atoms with van der Waals surface area (Å²) < 4.78 is 1.62. The normalized spacial score (nSPS) is 14.7. The Morgan fingerprint density at radius 2 is 1.89 bits per heavy atom. The predicted molar refractivity (Wildman–Crippen MR) is 130 cm³/mol. The van der Waals surface area contributed by atoms with Crippen LogP contribution in [0.1, 0.15) is 43.7 Å². The van der Waals surface area contributed by atoms with Gasteiger partial charge in [0.15, 0.2) is 17.4 Å². The first-order valence-electron chi connectivity index (χ1n) is 10.8. The SMILES string of the molecule is Cc1cc(N=CC2C(=O)Nc3ccc(C(=O)c4ccc(NC(=O)c5nccn5C)cc4)cc32)n[nH]1. The fourth-order valence-electron chi connectivity index (χ4n) is 3.84. The van der Waals surface area contributed by atoms with Gasteiger partial charge in [0, 0.05) is 59.9 Å². The molecule has 10 nitrogen and oxygen atoms in total. The zero-order chi connectivity index (χ0) is 24.5. The van der Waals surface area contributed by atoms with Crippen LogP contribution in [0.3, 0.4) is 0 Å². The quantitative estimate of drug-likeness (QED) is 0.295. The molecule has 1 unspecified atom stereocenters. The molecule has 0 aliphatic carbocycles. The molecule has 3 N–H and O–H groups in total. The average molecular weight is 467 g/mol. The Morgan fingerprint density at radius 1 is 1.11 bits per heavy atom. The highest BCUT2D eigenvalue weighted by Gasteiger charge is 2.30. The second kappa shape index (κ2) is 8.82. The number of nitrogens with zero attached hydrogens (tertiary/aromatic N) is 4. The Morgan fingerprint density at radius 3 is 2.57 bits per heavy atom. The molecule has 0 bridgehead atoms. The van der Waals surface area contributed by atoms with E-state index < -0.39 is 5.92 Å². The Balaban J connectivity index is 1.33. The molecule has 0 fully saturated rings. The number of H-pyrrole nitrogens is 1. The highest BCUT2D eigenvalue weighted by molar-refractivity contribution is 6.15. The number of hydrogen-bond acceptors (Lipinski definition) is 6. The molecular formula is C25H21N7O3. The van der Waals surface area contributed by atoms with Crippen LogP contribution < -0.4 is 10.6 Å². The number of aliphatic imine (C=N–C) groups is 1. The smallest absolute Gasteiger partial charge is 0.291 e. The van der Waals surface area contributed by atoms with Crippen molar-refractivity contribution in [3.63, 3.8) is 0 Å². The number of carbonyl (C=O) groups is 3. The first-order valence-corrected chi connectivity index (χ1v) is 10.8. The van der Waals surface area contributed by atoms with E-state index in [1.807, 2.05) is 6.92 Å². The number of amides is 2. The number of hydrogen-bond donors (Lipinski definition) is 3. The number of ketones is 1. The van der Waals surface area contributed by atoms with Crippen LogP contribution in [-0.4, -0.2) is 43.6 Å². The third-order valence-electron chi connectivity index (χ3n) is 5.67. The third-order valence-corrected chi connectivity index (χ3v) is 5.67. The first-order chi connectivity index (χ1) is 16.9. The number of fused-ring (bicyclic) bond motifs is 1. The van der Waals surface area contributed by atoms with Crippen LogP contribution in [-0.2, 0) is 11.8 Å². The summed E-state index contributed by atoms with van der Waals surface area (Å²) in [5.41, 5.74) is 3.63. The molecule has 0 spiro atoms. The van der Waals surface area contributed by atoms with Crippen molar-refractivity contribution in [3.8, 4) is 0 Å². The van der Waals surface area contributed by atoms with Gasteiger partial charge >= 0.3 is 0 Å². The first kappa shape index (κ1) is 22.0. The molecule has 0 radical (unpaired) electrons. The number of aryl methyl sites for hydroxylation is 2. The van der Waals surface area contributed by atoms with Crippen LogP contribution in [0.2, 0.25) is 0 Å². The van der Waals surface area contributed by atoms with E-state index in [9.17, 15) is 14.4 Å². The Hall–Kier alpha value is -4.86. The summed E-state index contributed by atoms with van der Waals surface area (Å²) in [6, 6.07) is 13.5. The number of aromatic nitrogens is 4. The van der Waals surface area contributed by atoms with Crippen LogP contribution in [0.4, 0.5) is 17.2 Å². The Kier molecular flexibility index (Phi) is 5.54. The minimum absolute atomic E-state index is 0.201. The summed E-state index contributed by atoms with van der Waals surface area (Å²) in [5, 5.41) is 12.4. The second-order valence-corrected chi connectivity index (χ2v) is 8.18. The molecule has 2 aromatic carbocycles. The Bertz CT molecular complexity index is 1480. The van der Waals surface area contributed by atoms with Crippen LogP contribution >= 0.6 is 0 Å². The van der Waals surface area contributed by atoms with Gasteiger partial charge in [0.05, 0.1) is 0 Å². The van der Waals surface area contributed by atoms with Crippen molar-refractivity contribution in [2.24, 2.45) is 12.0 Å². The van der Waals surface area contributed by atoms with Gasteiger partial charge in [-0.1, -0.05) is 0 Å². The van der Waals surface area contributed by atoms with Gasteiger partial charge in [-0.05, 0) is 55.0 Å². The van der Waals surface area contributed by atoms with E-state index in [1.165, 1.54) is 6.21 Å². The third kappa shape index (κ3) is 4.36. The lowest BCUT2D eigenvalue weighted by Gasteiger charge is -2.08. The predicted octanol–water partition coefficient (Wildman–Crippen LogP) is 3.37. The molecule has 1 atom stereocenters. The standard InChI is InChI=1S/C25H21N7O3/c1-14-11-21(31-30-14)27-13-19-18-12-16(5-8-20(18)29-24(19)34)22(33)15-3-6-17(7-4-15)28-25(35)23-26-9-10-32(23)2/h3-13,19H,1-2H3,(H,28,35)(H,29,34)(H,30,31). The molecule has 0 saturated carbocycles. The van der Waals surface area contributed by atoms with E-state index in [4.69, 9.17) is 0 Å². The average Bonchev–Trinajstić information content (AvgIpc) is 3.55. The van der Waals surface area contributed by atoms with Gasteiger partial charge < -0.3 is 15.2 Å². The molecule has 35 heavy (non-hydrogen) atoms. The summed E-state index contributed by atoms with van der Waals surface area (Å²) in [6.07, 6.45) is 4.76. The number of nitrogens with one attached hydrogen (secondary N) is 3. The highest BCUT2D eigenvalue weighted by Crippen LogP contribution is 2.33. The van der Waals surface area contributed by atoms with Gasteiger partial charge in [-0.3, -0.25) is 19.5 Å². The topological polar surface area (TPSA) is 134 Å². The fourth-order valence-corrected chi connectivity index (χ4v) is 3.84. The number of carbonyl (C=O) groups excluding carboxylic acids is 3. The van der Waals surface area contributed by atoms with Gasteiger partial charge in [0.2, 0.25) is 5.91 Å². The lowest BCUT2D eigenvalue weighted by Crippen LogP contribution is -2.16. The zero-order valence-corrected chi connectivity index (χ0v) is 18.9. The monoisotopic (exact) mass is 467 g/mol. The van der Waals surface area contributed by atoms with Crippen molar-refractivity contribution in [3.05, 3.63) is 89.1 Å². The van der Waals surface area contributed by atoms with E-state index in [0.29, 0.717) is 33.9 Å². The van der Waals surface area contributed by atoms with Gasteiger partial charge in [-0.15, -0.1) is 0 Å². The van der Waals surface area contributed by atoms with Crippen LogP contribution in [0, 0.1) is 6.92 Å². The second-order valence-electron chi connectivity index (χ2n) is 8.18. The van der Waals surface area contributed by atoms with E-state index in [0.717, 1.165) is 5.69 Å². The van der Waals surface area contributed by atoms with Crippen LogP contribution in [0.5, 0.6) is 0 Å². The molecule has 174 valence electrons. The summed E-state index contributed by atoms with van der Waals surface area (Å²) >= 11 is 0. The van der Waals surface area contributed by atoms with Crippen LogP contribution in [0.25, 0.3) is 0 Å². The zero-order valence-electron chi connectivity index (χ0n) is 18.9. The summed E-state index contributed by atoms with van der Waals surface area (Å²) in [4.78, 5) is 46.3. The van der Waals surface area contributed by atoms with Crippen LogP contribution in [0.15, 0.2) is 65.9 Å². The number of aromatic amines is 1. The van der Waals surface area contributed by atoms with Gasteiger partial charge in [0.1, 0.15) is 5.92 Å². The lowest BCUT2D eigenvalue weighted by atomic mass is 9.96. The molecule has 5 rings (SSSR count). The molecule has 1 aliphatic rings. The van der Waals surface area contributed by atoms with Gasteiger partial charge in [-0.2, -0.15) is 5.10 Å². The molecule has 1 aliphatic heterocycles. The van der Waals surface area contributed by atoms with Crippen molar-refractivity contribution < 1.29 is 14.4 Å². The number of imidazole rings is 1. The molecular weight excluding hydrogens is 446 g/mol. The molecule has 2 amide bonds. The maximum Gasteiger partial charge on any atom is 0.291 e. The van der Waals surface area contributed by atoms with Crippen molar-refractivity contribution in [2.45, 2.75) is 12.8 Å². The molecule has 2 aromatic heterocycles. The Labute approximate surface area is 200 Å². The fraction of sp³-hybridized carbons (Fsp3) is 0.120. The summed E-state index contributed by atoms with van der Waals surface area (Å²) in [7, 11) is 1.73. The van der Waals surface area contributed by atoms with Crippen molar-refractivity contribution in [2.75, 3.05) is 10.6 Å². The van der Waals surface area contributed by atoms with Gasteiger partial charge in [-0.25, -0.2) is 9.98 Å². The molecule has 4 aromatic rings. The minimum atomic E-state index is -0.626. The maximum absolute atomic E-state index is 13.1. The number of anilines is 2. The van der Waals surface area contributed by atoms with E-state index in [2.05, 4.69) is 30.8 Å². The van der Waals surface area contributed by atoms with E-state index in [1.54, 1.807) is 72.5 Å². The minimum Gasteiger partial charge on any atom is -0.330 e. The lowest BCUT2D eigenvalue weighted by molar-refractivity contribution is -0.115. The van der Waals surface area contributed by atoms with Crippen molar-refractivity contribution in [1.29, 1.82) is 0 Å². The van der Waals surface area contributed by atoms with E-state index in [-0.39, 0.29) is 23.4 Å². The largest absolute Gasteiger partial charge is 0.330 e. The molecule has 3 heterocycles. The van der Waals surface area contributed by atoms with E-state index >= 15 is 0 Å². The highest BCUT2D eigenvalue weighted by atomic mass is 16.2. The maximum atomic E-state index is 13.1. The summed E-state index contributed by atoms with van der Waals surface area (Å²) in [6.45, 7) is 1.86. The number of rotatable bonds is 6. The van der Waals surface area contributed by atoms with Gasteiger partial charge in [0.25, 0.3) is 5.91 Å². The van der Waals surface area contributed by atoms with Crippen molar-refractivity contribution >= 4 is 41.0 Å².